The van der Waals surface area contributed by atoms with E-state index in [1.807, 2.05) is 0 Å². The molecular formula is C12H22O. The molecule has 1 heteroatoms. The number of rotatable bonds is 3. The van der Waals surface area contributed by atoms with Crippen LogP contribution in [0.15, 0.2) is 0 Å². The zero-order chi connectivity index (χ0) is 9.84. The molecule has 0 bridgehead atoms. The predicted octanol–water partition coefficient (Wildman–Crippen LogP) is 3.43. The number of carbonyl (C=O) groups excluding carboxylic acids is 1. The van der Waals surface area contributed by atoms with Crippen LogP contribution in [0.25, 0.3) is 0 Å². The first-order valence-corrected chi connectivity index (χ1v) is 5.62. The summed E-state index contributed by atoms with van der Waals surface area (Å²) < 4.78 is 0. The summed E-state index contributed by atoms with van der Waals surface area (Å²) in [6.07, 6.45) is 5.67. The summed E-state index contributed by atoms with van der Waals surface area (Å²) in [5, 5.41) is 0. The maximum Gasteiger partial charge on any atom is 0.136 e. The Bertz CT molecular complexity index is 172. The van der Waals surface area contributed by atoms with Crippen LogP contribution in [-0.2, 0) is 4.79 Å². The van der Waals surface area contributed by atoms with Gasteiger partial charge in [-0.1, -0.05) is 33.6 Å². The SMILES string of the molecule is CC(C)CC(=O)C1CCCC(C)C1. The van der Waals surface area contributed by atoms with Crippen LogP contribution in [0.2, 0.25) is 0 Å². The van der Waals surface area contributed by atoms with Gasteiger partial charge in [-0.25, -0.2) is 0 Å². The third kappa shape index (κ3) is 3.50. The predicted molar refractivity (Wildman–Crippen MR) is 55.6 cm³/mol. The molecular weight excluding hydrogens is 160 g/mol. The number of carbonyl (C=O) groups is 1. The second kappa shape index (κ2) is 4.78. The van der Waals surface area contributed by atoms with Gasteiger partial charge in [-0.15, -0.1) is 0 Å². The molecule has 2 atom stereocenters. The van der Waals surface area contributed by atoms with Gasteiger partial charge in [0.25, 0.3) is 0 Å². The Labute approximate surface area is 81.9 Å². The van der Waals surface area contributed by atoms with E-state index in [-0.39, 0.29) is 0 Å². The summed E-state index contributed by atoms with van der Waals surface area (Å²) in [6, 6.07) is 0. The molecule has 0 saturated heterocycles. The van der Waals surface area contributed by atoms with Gasteiger partial charge in [0.05, 0.1) is 0 Å². The minimum absolute atomic E-state index is 0.395. The number of Topliss-reactive ketones (excluding diaryl/α,β-unsaturated/α-hetero) is 1. The highest BCUT2D eigenvalue weighted by atomic mass is 16.1. The van der Waals surface area contributed by atoms with Gasteiger partial charge in [-0.3, -0.25) is 4.79 Å². The van der Waals surface area contributed by atoms with E-state index in [1.165, 1.54) is 12.8 Å². The largest absolute Gasteiger partial charge is 0.299 e. The van der Waals surface area contributed by atoms with E-state index in [0.29, 0.717) is 17.6 Å². The third-order valence-electron chi connectivity index (χ3n) is 3.00. The lowest BCUT2D eigenvalue weighted by molar-refractivity contribution is -0.124. The van der Waals surface area contributed by atoms with Gasteiger partial charge in [-0.05, 0) is 24.7 Å². The summed E-state index contributed by atoms with van der Waals surface area (Å²) >= 11 is 0. The first-order chi connectivity index (χ1) is 6.09. The highest BCUT2D eigenvalue weighted by Crippen LogP contribution is 2.30. The summed E-state index contributed by atoms with van der Waals surface area (Å²) in [7, 11) is 0. The fraction of sp³-hybridized carbons (Fsp3) is 0.917. The van der Waals surface area contributed by atoms with Crippen molar-refractivity contribution in [2.75, 3.05) is 0 Å². The molecule has 76 valence electrons. The van der Waals surface area contributed by atoms with Crippen molar-refractivity contribution in [3.63, 3.8) is 0 Å². The maximum atomic E-state index is 11.8. The van der Waals surface area contributed by atoms with Crippen LogP contribution in [0.1, 0.15) is 52.9 Å². The average Bonchev–Trinajstić information content (AvgIpc) is 2.03. The highest BCUT2D eigenvalue weighted by Gasteiger charge is 2.24. The molecule has 1 nitrogen and oxygen atoms in total. The van der Waals surface area contributed by atoms with E-state index in [9.17, 15) is 4.79 Å². The summed E-state index contributed by atoms with van der Waals surface area (Å²) in [6.45, 7) is 6.53. The Balaban J connectivity index is 2.37. The first kappa shape index (κ1) is 10.7. The standard InChI is InChI=1S/C12H22O/c1-9(2)7-12(13)11-6-4-5-10(3)8-11/h9-11H,4-8H2,1-3H3. The number of hydrogen-bond donors (Lipinski definition) is 0. The van der Waals surface area contributed by atoms with Gasteiger partial charge < -0.3 is 0 Å². The van der Waals surface area contributed by atoms with Gasteiger partial charge >= 0.3 is 0 Å². The smallest absolute Gasteiger partial charge is 0.136 e. The highest BCUT2D eigenvalue weighted by molar-refractivity contribution is 5.81. The Morgan fingerprint density at radius 3 is 2.62 bits per heavy atom. The molecule has 0 amide bonds. The molecule has 0 radical (unpaired) electrons. The normalized spacial score (nSPS) is 29.2. The fourth-order valence-corrected chi connectivity index (χ4v) is 2.30. The molecule has 1 saturated carbocycles. The Morgan fingerprint density at radius 2 is 2.08 bits per heavy atom. The minimum atomic E-state index is 0.395. The molecule has 2 unspecified atom stereocenters. The molecule has 1 aliphatic carbocycles. The van der Waals surface area contributed by atoms with Crippen molar-refractivity contribution >= 4 is 5.78 Å². The molecule has 0 heterocycles. The van der Waals surface area contributed by atoms with Crippen molar-refractivity contribution in [1.82, 2.24) is 0 Å². The van der Waals surface area contributed by atoms with Crippen molar-refractivity contribution in [1.29, 1.82) is 0 Å². The zero-order valence-electron chi connectivity index (χ0n) is 9.18. The summed E-state index contributed by atoms with van der Waals surface area (Å²) in [5.41, 5.74) is 0. The van der Waals surface area contributed by atoms with Crippen LogP contribution in [0.3, 0.4) is 0 Å². The van der Waals surface area contributed by atoms with Gasteiger partial charge in [-0.2, -0.15) is 0 Å². The Morgan fingerprint density at radius 1 is 1.38 bits per heavy atom. The topological polar surface area (TPSA) is 17.1 Å². The third-order valence-corrected chi connectivity index (χ3v) is 3.00. The second-order valence-corrected chi connectivity index (χ2v) is 5.03. The minimum Gasteiger partial charge on any atom is -0.299 e. The summed E-state index contributed by atoms with van der Waals surface area (Å²) in [4.78, 5) is 11.8. The molecule has 1 fully saturated rings. The average molecular weight is 182 g/mol. The van der Waals surface area contributed by atoms with E-state index >= 15 is 0 Å². The summed E-state index contributed by atoms with van der Waals surface area (Å²) in [5.74, 6) is 2.22. The zero-order valence-corrected chi connectivity index (χ0v) is 9.18. The van der Waals surface area contributed by atoms with Gasteiger partial charge in [0, 0.05) is 12.3 Å². The lowest BCUT2D eigenvalue weighted by atomic mass is 9.79. The lowest BCUT2D eigenvalue weighted by Crippen LogP contribution is -2.22. The van der Waals surface area contributed by atoms with Crippen molar-refractivity contribution < 1.29 is 4.79 Å². The van der Waals surface area contributed by atoms with Gasteiger partial charge in [0.15, 0.2) is 0 Å². The maximum absolute atomic E-state index is 11.8. The van der Waals surface area contributed by atoms with E-state index in [4.69, 9.17) is 0 Å². The van der Waals surface area contributed by atoms with Crippen LogP contribution in [-0.4, -0.2) is 5.78 Å². The first-order valence-electron chi connectivity index (χ1n) is 5.62. The molecule has 0 spiro atoms. The van der Waals surface area contributed by atoms with E-state index in [2.05, 4.69) is 20.8 Å². The molecule has 1 aliphatic rings. The van der Waals surface area contributed by atoms with E-state index in [1.54, 1.807) is 0 Å². The van der Waals surface area contributed by atoms with Crippen LogP contribution < -0.4 is 0 Å². The molecule has 0 aliphatic heterocycles. The van der Waals surface area contributed by atoms with Crippen LogP contribution in [0.5, 0.6) is 0 Å². The lowest BCUT2D eigenvalue weighted by Gasteiger charge is -2.26. The Kier molecular flexibility index (Phi) is 3.95. The molecule has 0 aromatic carbocycles. The number of ketones is 1. The van der Waals surface area contributed by atoms with E-state index < -0.39 is 0 Å². The number of hydrogen-bond acceptors (Lipinski definition) is 1. The molecule has 0 N–H and O–H groups in total. The molecule has 0 aromatic rings. The molecule has 0 aromatic heterocycles. The van der Waals surface area contributed by atoms with Gasteiger partial charge in [0.2, 0.25) is 0 Å². The van der Waals surface area contributed by atoms with Crippen LogP contribution in [0.4, 0.5) is 0 Å². The van der Waals surface area contributed by atoms with Crippen molar-refractivity contribution in [2.45, 2.75) is 52.9 Å². The van der Waals surface area contributed by atoms with E-state index in [0.717, 1.165) is 25.2 Å². The fourth-order valence-electron chi connectivity index (χ4n) is 2.30. The van der Waals surface area contributed by atoms with Crippen molar-refractivity contribution in [2.24, 2.45) is 17.8 Å². The Hall–Kier alpha value is -0.330. The quantitative estimate of drug-likeness (QED) is 0.653. The second-order valence-electron chi connectivity index (χ2n) is 5.03. The molecule has 1 rings (SSSR count). The van der Waals surface area contributed by atoms with Crippen LogP contribution >= 0.6 is 0 Å². The van der Waals surface area contributed by atoms with Gasteiger partial charge in [0.1, 0.15) is 5.78 Å². The van der Waals surface area contributed by atoms with Crippen molar-refractivity contribution in [3.8, 4) is 0 Å². The monoisotopic (exact) mass is 182 g/mol. The van der Waals surface area contributed by atoms with Crippen molar-refractivity contribution in [3.05, 3.63) is 0 Å². The molecule has 13 heavy (non-hydrogen) atoms. The van der Waals surface area contributed by atoms with Crippen LogP contribution in [0, 0.1) is 17.8 Å².